The monoisotopic (exact) mass is 285 g/mol. The van der Waals surface area contributed by atoms with Gasteiger partial charge in [0.05, 0.1) is 12.2 Å². The summed E-state index contributed by atoms with van der Waals surface area (Å²) < 4.78 is 22.6. The zero-order valence-corrected chi connectivity index (χ0v) is 12.2. The Balaban J connectivity index is 4.79. The van der Waals surface area contributed by atoms with Crippen LogP contribution < -0.4 is 5.09 Å². The van der Waals surface area contributed by atoms with Crippen molar-refractivity contribution in [2.75, 3.05) is 5.75 Å². The first kappa shape index (κ1) is 16.9. The van der Waals surface area contributed by atoms with E-state index in [0.717, 1.165) is 0 Å². The number of thiol groups is 1. The number of hydrogen-bond donors (Lipinski definition) is 3. The van der Waals surface area contributed by atoms with Crippen LogP contribution in [0.3, 0.4) is 0 Å². The molecular weight excluding hydrogens is 265 g/mol. The Hall–Kier alpha value is -0.0700. The second kappa shape index (κ2) is 7.38. The van der Waals surface area contributed by atoms with Gasteiger partial charge in [-0.25, -0.2) is 9.65 Å². The number of carbonyl (C=O) groups is 1. The number of rotatable bonds is 8. The molecule has 0 aliphatic rings. The first-order chi connectivity index (χ1) is 7.70. The maximum absolute atomic E-state index is 12.3. The summed E-state index contributed by atoms with van der Waals surface area (Å²) in [6.45, 7) is 6.76. The molecule has 0 aromatic rings. The van der Waals surface area contributed by atoms with Gasteiger partial charge in [-0.1, -0.05) is 0 Å². The number of carboxylic acids is 1. The van der Waals surface area contributed by atoms with E-state index in [1.54, 1.807) is 27.7 Å². The Morgan fingerprint density at radius 3 is 1.94 bits per heavy atom. The fraction of sp³-hybridized carbons (Fsp3) is 0.889. The Bertz CT molecular complexity index is 283. The van der Waals surface area contributed by atoms with Gasteiger partial charge in [0.15, 0.2) is 0 Å². The van der Waals surface area contributed by atoms with Gasteiger partial charge in [0.2, 0.25) is 0 Å². The first-order valence-electron chi connectivity index (χ1n) is 5.28. The van der Waals surface area contributed by atoms with Crippen molar-refractivity contribution in [1.29, 1.82) is 0 Å². The fourth-order valence-electron chi connectivity index (χ4n) is 1.01. The smallest absolute Gasteiger partial charge is 0.406 e. The summed E-state index contributed by atoms with van der Waals surface area (Å²) in [7, 11) is -3.64. The normalized spacial score (nSPS) is 14.3. The van der Waals surface area contributed by atoms with E-state index in [0.29, 0.717) is 0 Å². The third kappa shape index (κ3) is 7.06. The van der Waals surface area contributed by atoms with E-state index in [1.807, 2.05) is 0 Å². The van der Waals surface area contributed by atoms with E-state index in [-0.39, 0.29) is 18.0 Å². The SMILES string of the molecule is CC(C)OP(=O)(NC(CS)C(=O)O)OC(C)C. The molecule has 0 spiro atoms. The number of carboxylic acid groups (broad SMARTS) is 1. The highest BCUT2D eigenvalue weighted by atomic mass is 32.1. The molecule has 0 radical (unpaired) electrons. The molecule has 17 heavy (non-hydrogen) atoms. The molecule has 0 amide bonds. The van der Waals surface area contributed by atoms with Crippen LogP contribution in [0.4, 0.5) is 0 Å². The van der Waals surface area contributed by atoms with Crippen molar-refractivity contribution in [2.45, 2.75) is 45.9 Å². The minimum Gasteiger partial charge on any atom is -0.480 e. The maximum Gasteiger partial charge on any atom is 0.406 e. The Labute approximate surface area is 107 Å². The van der Waals surface area contributed by atoms with Crippen molar-refractivity contribution < 1.29 is 23.5 Å². The summed E-state index contributed by atoms with van der Waals surface area (Å²) in [6, 6.07) is -1.08. The van der Waals surface area contributed by atoms with Crippen LogP contribution in [-0.4, -0.2) is 35.1 Å². The molecule has 0 bridgehead atoms. The van der Waals surface area contributed by atoms with Gasteiger partial charge in [0.1, 0.15) is 6.04 Å². The molecule has 0 heterocycles. The van der Waals surface area contributed by atoms with Crippen molar-refractivity contribution in [1.82, 2.24) is 5.09 Å². The molecule has 0 aromatic carbocycles. The van der Waals surface area contributed by atoms with E-state index in [4.69, 9.17) is 14.2 Å². The van der Waals surface area contributed by atoms with Crippen molar-refractivity contribution in [3.8, 4) is 0 Å². The second-order valence-electron chi connectivity index (χ2n) is 4.01. The van der Waals surface area contributed by atoms with Crippen LogP contribution in [0.25, 0.3) is 0 Å². The molecule has 102 valence electrons. The molecule has 2 N–H and O–H groups in total. The number of hydrogen-bond acceptors (Lipinski definition) is 5. The Morgan fingerprint density at radius 1 is 1.29 bits per heavy atom. The lowest BCUT2D eigenvalue weighted by molar-refractivity contribution is -0.138. The molecular formula is C9H20NO5PS. The topological polar surface area (TPSA) is 84.9 Å². The first-order valence-corrected chi connectivity index (χ1v) is 7.46. The van der Waals surface area contributed by atoms with Crippen LogP contribution in [0.5, 0.6) is 0 Å². The summed E-state index contributed by atoms with van der Waals surface area (Å²) in [5.74, 6) is -1.16. The predicted molar refractivity (Wildman–Crippen MR) is 68.5 cm³/mol. The average molecular weight is 285 g/mol. The average Bonchev–Trinajstić information content (AvgIpc) is 2.10. The van der Waals surface area contributed by atoms with Crippen molar-refractivity contribution in [2.24, 2.45) is 0 Å². The number of nitrogens with one attached hydrogen (secondary N) is 1. The lowest BCUT2D eigenvalue weighted by Crippen LogP contribution is -2.38. The van der Waals surface area contributed by atoms with E-state index < -0.39 is 19.8 Å². The summed E-state index contributed by atoms with van der Waals surface area (Å²) in [5.41, 5.74) is 0. The van der Waals surface area contributed by atoms with Crippen LogP contribution >= 0.6 is 20.4 Å². The maximum atomic E-state index is 12.3. The van der Waals surface area contributed by atoms with Crippen LogP contribution in [0.1, 0.15) is 27.7 Å². The third-order valence-electron chi connectivity index (χ3n) is 1.49. The minimum absolute atomic E-state index is 0.0117. The zero-order chi connectivity index (χ0) is 13.6. The van der Waals surface area contributed by atoms with Crippen LogP contribution in [0.15, 0.2) is 0 Å². The highest BCUT2D eigenvalue weighted by Gasteiger charge is 2.33. The van der Waals surface area contributed by atoms with Gasteiger partial charge < -0.3 is 5.11 Å². The van der Waals surface area contributed by atoms with Gasteiger partial charge in [-0.3, -0.25) is 13.8 Å². The quantitative estimate of drug-likeness (QED) is 0.466. The van der Waals surface area contributed by atoms with Gasteiger partial charge in [0, 0.05) is 5.75 Å². The lowest BCUT2D eigenvalue weighted by Gasteiger charge is -2.25. The van der Waals surface area contributed by atoms with Gasteiger partial charge in [0.25, 0.3) is 0 Å². The summed E-state index contributed by atoms with van der Waals surface area (Å²) in [5, 5.41) is 11.2. The zero-order valence-electron chi connectivity index (χ0n) is 10.4. The molecule has 0 saturated carbocycles. The van der Waals surface area contributed by atoms with Gasteiger partial charge >= 0.3 is 13.7 Å². The second-order valence-corrected chi connectivity index (χ2v) is 6.05. The molecule has 1 unspecified atom stereocenters. The van der Waals surface area contributed by atoms with Gasteiger partial charge in [-0.15, -0.1) is 0 Å². The van der Waals surface area contributed by atoms with E-state index in [2.05, 4.69) is 17.7 Å². The minimum atomic E-state index is -3.64. The number of aliphatic carboxylic acids is 1. The molecule has 0 aliphatic carbocycles. The molecule has 0 saturated heterocycles. The fourth-order valence-corrected chi connectivity index (χ4v) is 3.26. The summed E-state index contributed by atoms with van der Waals surface area (Å²) >= 11 is 3.87. The highest BCUT2D eigenvalue weighted by molar-refractivity contribution is 7.80. The van der Waals surface area contributed by atoms with Crippen molar-refractivity contribution in [3.63, 3.8) is 0 Å². The van der Waals surface area contributed by atoms with E-state index in [9.17, 15) is 9.36 Å². The van der Waals surface area contributed by atoms with Crippen molar-refractivity contribution in [3.05, 3.63) is 0 Å². The molecule has 0 aromatic heterocycles. The third-order valence-corrected chi connectivity index (χ3v) is 3.89. The molecule has 0 aliphatic heterocycles. The molecule has 0 fully saturated rings. The summed E-state index contributed by atoms with van der Waals surface area (Å²) in [4.78, 5) is 10.8. The van der Waals surface area contributed by atoms with Gasteiger partial charge in [-0.05, 0) is 27.7 Å². The largest absolute Gasteiger partial charge is 0.480 e. The highest BCUT2D eigenvalue weighted by Crippen LogP contribution is 2.46. The molecule has 6 nitrogen and oxygen atoms in total. The van der Waals surface area contributed by atoms with Crippen LogP contribution in [0, 0.1) is 0 Å². The van der Waals surface area contributed by atoms with Crippen LogP contribution in [0.2, 0.25) is 0 Å². The lowest BCUT2D eigenvalue weighted by atomic mass is 10.4. The molecule has 1 atom stereocenters. The standard InChI is InChI=1S/C9H20NO5PS/c1-6(2)14-16(13,15-7(3)4)10-8(5-17)9(11)12/h6-8,17H,5H2,1-4H3,(H,10,13)(H,11,12). The summed E-state index contributed by atoms with van der Waals surface area (Å²) in [6.07, 6.45) is -0.692. The van der Waals surface area contributed by atoms with E-state index in [1.165, 1.54) is 0 Å². The Morgan fingerprint density at radius 2 is 1.71 bits per heavy atom. The van der Waals surface area contributed by atoms with E-state index >= 15 is 0 Å². The molecule has 8 heteroatoms. The predicted octanol–water partition coefficient (Wildman–Crippen LogP) is 1.92. The Kier molecular flexibility index (Phi) is 7.35. The molecule has 0 rings (SSSR count). The van der Waals surface area contributed by atoms with Crippen molar-refractivity contribution >= 4 is 26.3 Å². The van der Waals surface area contributed by atoms with Gasteiger partial charge in [-0.2, -0.15) is 12.6 Å². The van der Waals surface area contributed by atoms with Crippen LogP contribution in [-0.2, 0) is 18.4 Å².